The van der Waals surface area contributed by atoms with Crippen LogP contribution in [0.3, 0.4) is 0 Å². The number of likely N-dealkylation sites (N-methyl/N-ethyl adjacent to an activating group) is 2. The molecule has 0 N–H and O–H groups in total. The van der Waals surface area contributed by atoms with Gasteiger partial charge in [0.05, 0.1) is 40.3 Å². The lowest BCUT2D eigenvalue weighted by Gasteiger charge is -2.37. The van der Waals surface area contributed by atoms with Gasteiger partial charge in [0, 0.05) is 11.1 Å². The molecular formula is C28H38N2O2+2. The van der Waals surface area contributed by atoms with Crippen molar-refractivity contribution in [1.29, 1.82) is 0 Å². The van der Waals surface area contributed by atoms with Crippen molar-refractivity contribution in [2.45, 2.75) is 38.5 Å². The van der Waals surface area contributed by atoms with E-state index in [1.165, 1.54) is 38.5 Å². The van der Waals surface area contributed by atoms with E-state index in [0.717, 1.165) is 57.4 Å². The van der Waals surface area contributed by atoms with Crippen molar-refractivity contribution < 1.29 is 18.6 Å². The molecule has 2 aliphatic heterocycles. The van der Waals surface area contributed by atoms with Crippen molar-refractivity contribution in [3.05, 3.63) is 59.7 Å². The Bertz CT molecular complexity index is 855. The minimum Gasteiger partial charge on any atom is -0.320 e. The predicted octanol–water partition coefficient (Wildman–Crippen LogP) is 4.98. The molecule has 0 aliphatic carbocycles. The first-order valence-electron chi connectivity index (χ1n) is 12.3. The van der Waals surface area contributed by atoms with Crippen molar-refractivity contribution in [2.24, 2.45) is 0 Å². The molecule has 2 aromatic rings. The Labute approximate surface area is 193 Å². The number of quaternary nitrogens is 2. The van der Waals surface area contributed by atoms with Gasteiger partial charge in [-0.3, -0.25) is 9.59 Å². The lowest BCUT2D eigenvalue weighted by Crippen LogP contribution is -2.50. The minimum absolute atomic E-state index is 0.233. The molecule has 0 unspecified atom stereocenters. The Hall–Kier alpha value is -2.30. The highest BCUT2D eigenvalue weighted by molar-refractivity contribution is 5.98. The fourth-order valence-electron chi connectivity index (χ4n) is 5.44. The van der Waals surface area contributed by atoms with Crippen LogP contribution in [0.1, 0.15) is 59.2 Å². The third-order valence-corrected chi connectivity index (χ3v) is 7.59. The van der Waals surface area contributed by atoms with Crippen molar-refractivity contribution in [1.82, 2.24) is 0 Å². The van der Waals surface area contributed by atoms with E-state index in [1.54, 1.807) is 0 Å². The fraction of sp³-hybridized carbons (Fsp3) is 0.500. The summed E-state index contributed by atoms with van der Waals surface area (Å²) in [4.78, 5) is 25.6. The van der Waals surface area contributed by atoms with Gasteiger partial charge in [-0.05, 0) is 49.7 Å². The molecule has 32 heavy (non-hydrogen) atoms. The van der Waals surface area contributed by atoms with Crippen LogP contribution in [0.4, 0.5) is 0 Å². The van der Waals surface area contributed by atoms with E-state index in [-0.39, 0.29) is 11.6 Å². The zero-order valence-electron chi connectivity index (χ0n) is 19.8. The lowest BCUT2D eigenvalue weighted by molar-refractivity contribution is -0.906. The number of carbonyl (C=O) groups is 2. The van der Waals surface area contributed by atoms with Crippen molar-refractivity contribution in [3.63, 3.8) is 0 Å². The number of Topliss-reactive ketones (excluding diaryl/α,β-unsaturated/α-hetero) is 2. The standard InChI is InChI=1S/C28H38N2O2/c1-29(17-5-3-6-18-29)21-27(31)25-13-9-23(10-14-25)24-11-15-26(16-12-24)28(32)22-30(2)19-7-4-8-20-30/h9-16H,3-8,17-22H2,1-2H3/q+2. The van der Waals surface area contributed by atoms with Gasteiger partial charge in [0.2, 0.25) is 11.6 Å². The van der Waals surface area contributed by atoms with Gasteiger partial charge in [0.25, 0.3) is 0 Å². The first-order valence-corrected chi connectivity index (χ1v) is 12.3. The van der Waals surface area contributed by atoms with Gasteiger partial charge in [-0.25, -0.2) is 0 Å². The normalized spacial score (nSPS) is 19.9. The number of hydrogen-bond donors (Lipinski definition) is 0. The molecule has 2 aromatic carbocycles. The van der Waals surface area contributed by atoms with Crippen molar-refractivity contribution >= 4 is 11.6 Å². The third kappa shape index (κ3) is 5.54. The Balaban J connectivity index is 1.38. The number of hydrogen-bond acceptors (Lipinski definition) is 2. The maximum absolute atomic E-state index is 12.8. The highest BCUT2D eigenvalue weighted by atomic mass is 16.1. The zero-order valence-corrected chi connectivity index (χ0v) is 19.8. The van der Waals surface area contributed by atoms with Gasteiger partial charge < -0.3 is 8.97 Å². The van der Waals surface area contributed by atoms with Gasteiger partial charge >= 0.3 is 0 Å². The van der Waals surface area contributed by atoms with Gasteiger partial charge in [-0.1, -0.05) is 48.5 Å². The molecule has 0 saturated carbocycles. The second-order valence-corrected chi connectivity index (χ2v) is 10.6. The molecule has 0 atom stereocenters. The molecule has 0 spiro atoms. The summed E-state index contributed by atoms with van der Waals surface area (Å²) in [5.74, 6) is 0.465. The predicted molar refractivity (Wildman–Crippen MR) is 130 cm³/mol. The number of rotatable bonds is 7. The van der Waals surface area contributed by atoms with Crippen LogP contribution in [0.2, 0.25) is 0 Å². The Morgan fingerprint density at radius 2 is 0.875 bits per heavy atom. The van der Waals surface area contributed by atoms with Crippen LogP contribution in [-0.4, -0.2) is 73.9 Å². The minimum atomic E-state index is 0.233. The summed E-state index contributed by atoms with van der Waals surface area (Å²) in [6, 6.07) is 15.9. The van der Waals surface area contributed by atoms with E-state index in [4.69, 9.17) is 0 Å². The molecule has 170 valence electrons. The molecule has 2 saturated heterocycles. The first kappa shape index (κ1) is 22.9. The summed E-state index contributed by atoms with van der Waals surface area (Å²) in [5, 5.41) is 0. The average Bonchev–Trinajstić information content (AvgIpc) is 2.79. The zero-order chi connectivity index (χ0) is 22.6. The van der Waals surface area contributed by atoms with Crippen LogP contribution < -0.4 is 0 Å². The van der Waals surface area contributed by atoms with E-state index in [1.807, 2.05) is 48.5 Å². The van der Waals surface area contributed by atoms with Crippen LogP contribution in [0.5, 0.6) is 0 Å². The second-order valence-electron chi connectivity index (χ2n) is 10.6. The highest BCUT2D eigenvalue weighted by Gasteiger charge is 2.29. The van der Waals surface area contributed by atoms with Gasteiger partial charge in [-0.15, -0.1) is 0 Å². The summed E-state index contributed by atoms with van der Waals surface area (Å²) in [6.07, 6.45) is 7.47. The fourth-order valence-corrected chi connectivity index (χ4v) is 5.44. The first-order chi connectivity index (χ1) is 15.4. The van der Waals surface area contributed by atoms with Crippen LogP contribution in [0, 0.1) is 0 Å². The van der Waals surface area contributed by atoms with Crippen LogP contribution in [-0.2, 0) is 0 Å². The number of benzene rings is 2. The summed E-state index contributed by atoms with van der Waals surface area (Å²) in [7, 11) is 4.42. The molecule has 2 aliphatic rings. The molecule has 0 bridgehead atoms. The SMILES string of the molecule is C[N+]1(CC(=O)c2ccc(-c3ccc(C(=O)C[N+]4(C)CCCCC4)cc3)cc2)CCCCC1. The summed E-state index contributed by atoms with van der Waals surface area (Å²) in [6.45, 7) is 5.60. The largest absolute Gasteiger partial charge is 0.320 e. The van der Waals surface area contributed by atoms with E-state index in [9.17, 15) is 9.59 Å². The third-order valence-electron chi connectivity index (χ3n) is 7.59. The van der Waals surface area contributed by atoms with Crippen molar-refractivity contribution in [2.75, 3.05) is 53.4 Å². The van der Waals surface area contributed by atoms with Crippen LogP contribution in [0.15, 0.2) is 48.5 Å². The number of ketones is 2. The average molecular weight is 435 g/mol. The summed E-state index contributed by atoms with van der Waals surface area (Å²) in [5.41, 5.74) is 3.75. The smallest absolute Gasteiger partial charge is 0.216 e. The topological polar surface area (TPSA) is 34.1 Å². The lowest BCUT2D eigenvalue weighted by atomic mass is 9.99. The molecule has 2 heterocycles. The van der Waals surface area contributed by atoms with E-state index in [2.05, 4.69) is 14.1 Å². The number of piperidine rings is 2. The Morgan fingerprint density at radius 1 is 0.562 bits per heavy atom. The molecular weight excluding hydrogens is 396 g/mol. The molecule has 4 heteroatoms. The van der Waals surface area contributed by atoms with Gasteiger partial charge in [-0.2, -0.15) is 0 Å². The van der Waals surface area contributed by atoms with E-state index >= 15 is 0 Å². The molecule has 0 radical (unpaired) electrons. The molecule has 0 aromatic heterocycles. The quantitative estimate of drug-likeness (QED) is 0.455. The second kappa shape index (κ2) is 9.68. The maximum Gasteiger partial charge on any atom is 0.216 e. The van der Waals surface area contributed by atoms with E-state index < -0.39 is 0 Å². The van der Waals surface area contributed by atoms with Gasteiger partial charge in [0.1, 0.15) is 13.1 Å². The number of carbonyl (C=O) groups excluding carboxylic acids is 2. The Kier molecular flexibility index (Phi) is 6.92. The van der Waals surface area contributed by atoms with Crippen molar-refractivity contribution in [3.8, 4) is 11.1 Å². The Morgan fingerprint density at radius 3 is 1.19 bits per heavy atom. The maximum atomic E-state index is 12.8. The molecule has 4 nitrogen and oxygen atoms in total. The van der Waals surface area contributed by atoms with E-state index in [0.29, 0.717) is 13.1 Å². The monoisotopic (exact) mass is 434 g/mol. The number of nitrogens with zero attached hydrogens (tertiary/aromatic N) is 2. The summed E-state index contributed by atoms with van der Waals surface area (Å²) >= 11 is 0. The number of likely N-dealkylation sites (tertiary alicyclic amines) is 2. The highest BCUT2D eigenvalue weighted by Crippen LogP contribution is 2.23. The van der Waals surface area contributed by atoms with Crippen LogP contribution >= 0.6 is 0 Å². The molecule has 4 rings (SSSR count). The summed E-state index contributed by atoms with van der Waals surface area (Å²) < 4.78 is 1.74. The van der Waals surface area contributed by atoms with Crippen LogP contribution in [0.25, 0.3) is 11.1 Å². The molecule has 2 fully saturated rings. The van der Waals surface area contributed by atoms with Gasteiger partial charge in [0.15, 0.2) is 0 Å². The molecule has 0 amide bonds.